The van der Waals surface area contributed by atoms with Gasteiger partial charge in [-0.2, -0.15) is 0 Å². The van der Waals surface area contributed by atoms with Gasteiger partial charge in [0, 0.05) is 13.3 Å². The third kappa shape index (κ3) is 151. The standard InChI is InChI=1S/C3H6O2.C2H3NO2.C2H4O2.3Na.3H/c1-2-3(4)5;3-1-2(4)5;1-2(3)4;;;;;;/h2H2,1H3,(H,4,5);1,3H,(H,4,5);1H3,(H,3,4);;;;;;. The van der Waals surface area contributed by atoms with Gasteiger partial charge in [0.15, 0.2) is 0 Å². The summed E-state index contributed by atoms with van der Waals surface area (Å²) in [5.41, 5.74) is 0. The van der Waals surface area contributed by atoms with Gasteiger partial charge in [0.2, 0.25) is 0 Å². The summed E-state index contributed by atoms with van der Waals surface area (Å²) in [6.07, 6.45) is 0.556. The predicted molar refractivity (Wildman–Crippen MR) is 69.1 cm³/mol. The number of hydrogen-bond acceptors (Lipinski definition) is 4. The topological polar surface area (TPSA) is 136 Å². The number of carbonyl (C=O) groups is 3. The van der Waals surface area contributed by atoms with Crippen molar-refractivity contribution in [3.8, 4) is 0 Å². The van der Waals surface area contributed by atoms with E-state index in [1.165, 1.54) is 0 Å². The Labute approximate surface area is 166 Å². The zero-order chi connectivity index (χ0) is 12.1. The number of hydrogen-bond donors (Lipinski definition) is 4. The molecule has 0 bridgehead atoms. The van der Waals surface area contributed by atoms with Crippen molar-refractivity contribution in [2.75, 3.05) is 0 Å². The maximum atomic E-state index is 9.37. The Kier molecular flexibility index (Phi) is 64.3. The summed E-state index contributed by atoms with van der Waals surface area (Å²) < 4.78 is 0. The fourth-order valence-corrected chi connectivity index (χ4v) is 0. The van der Waals surface area contributed by atoms with Crippen molar-refractivity contribution < 1.29 is 29.7 Å². The molecule has 0 saturated heterocycles. The van der Waals surface area contributed by atoms with E-state index >= 15 is 0 Å². The molecule has 0 aromatic rings. The molecular weight excluding hydrogens is 263 g/mol. The molecule has 0 aliphatic carbocycles. The van der Waals surface area contributed by atoms with Gasteiger partial charge in [-0.3, -0.25) is 9.59 Å². The van der Waals surface area contributed by atoms with Crippen molar-refractivity contribution in [3.05, 3.63) is 0 Å². The molecule has 17 heavy (non-hydrogen) atoms. The first-order valence-electron chi connectivity index (χ1n) is 3.42. The summed E-state index contributed by atoms with van der Waals surface area (Å²) >= 11 is 0. The quantitative estimate of drug-likeness (QED) is 0.353. The van der Waals surface area contributed by atoms with E-state index in [1.807, 2.05) is 0 Å². The zero-order valence-corrected chi connectivity index (χ0v) is 7.85. The zero-order valence-electron chi connectivity index (χ0n) is 7.85. The van der Waals surface area contributed by atoms with Gasteiger partial charge in [-0.1, -0.05) is 6.92 Å². The molecule has 0 fully saturated rings. The molecule has 0 aliphatic heterocycles. The van der Waals surface area contributed by atoms with Crippen LogP contribution in [0.15, 0.2) is 0 Å². The van der Waals surface area contributed by atoms with Crippen LogP contribution in [0.4, 0.5) is 0 Å². The normalized spacial score (nSPS) is 5.53. The van der Waals surface area contributed by atoms with E-state index in [4.69, 9.17) is 30.3 Å². The van der Waals surface area contributed by atoms with Gasteiger partial charge in [-0.25, -0.2) is 4.79 Å². The predicted octanol–water partition coefficient (Wildman–Crippen LogP) is -1.65. The average Bonchev–Trinajstić information content (AvgIpc) is 2.04. The van der Waals surface area contributed by atoms with E-state index in [1.54, 1.807) is 6.92 Å². The fourth-order valence-electron chi connectivity index (χ4n) is 0. The Balaban J connectivity index is -0.0000000247. The first kappa shape index (κ1) is 36.1. The van der Waals surface area contributed by atoms with Crippen LogP contribution in [-0.2, 0) is 14.4 Å². The van der Waals surface area contributed by atoms with Crippen molar-refractivity contribution >= 4 is 113 Å². The molecule has 0 atom stereocenters. The van der Waals surface area contributed by atoms with Gasteiger partial charge in [0.05, 0.1) is 0 Å². The van der Waals surface area contributed by atoms with E-state index in [-0.39, 0.29) is 95.1 Å². The van der Waals surface area contributed by atoms with Crippen LogP contribution in [0.3, 0.4) is 0 Å². The van der Waals surface area contributed by atoms with Crippen molar-refractivity contribution in [1.29, 1.82) is 5.41 Å². The van der Waals surface area contributed by atoms with E-state index < -0.39 is 17.9 Å². The second-order valence-electron chi connectivity index (χ2n) is 1.75. The second kappa shape index (κ2) is 30.3. The van der Waals surface area contributed by atoms with Gasteiger partial charge < -0.3 is 20.7 Å². The van der Waals surface area contributed by atoms with Gasteiger partial charge in [-0.05, 0) is 0 Å². The third-order valence-electron chi connectivity index (χ3n) is 0.426. The number of carboxylic acid groups (broad SMARTS) is 3. The molecule has 88 valence electrons. The van der Waals surface area contributed by atoms with Crippen molar-refractivity contribution in [3.63, 3.8) is 0 Å². The Morgan fingerprint density at radius 3 is 1.18 bits per heavy atom. The van der Waals surface area contributed by atoms with Crippen LogP contribution < -0.4 is 0 Å². The molecule has 0 amide bonds. The van der Waals surface area contributed by atoms with Crippen LogP contribution in [0.2, 0.25) is 0 Å². The van der Waals surface area contributed by atoms with Crippen molar-refractivity contribution in [1.82, 2.24) is 0 Å². The Hall–Kier alpha value is 1.08. The molecule has 7 nitrogen and oxygen atoms in total. The average molecular weight is 279 g/mol. The summed E-state index contributed by atoms with van der Waals surface area (Å²) in [5.74, 6) is -2.78. The van der Waals surface area contributed by atoms with Crippen LogP contribution >= 0.6 is 0 Å². The summed E-state index contributed by atoms with van der Waals surface area (Å²) in [6.45, 7) is 2.68. The van der Waals surface area contributed by atoms with E-state index in [2.05, 4.69) is 0 Å². The summed E-state index contributed by atoms with van der Waals surface area (Å²) in [6, 6.07) is 0. The summed E-state index contributed by atoms with van der Waals surface area (Å²) in [7, 11) is 0. The van der Waals surface area contributed by atoms with Crippen molar-refractivity contribution in [2.24, 2.45) is 0 Å². The molecule has 0 aromatic heterocycles. The molecule has 0 radical (unpaired) electrons. The van der Waals surface area contributed by atoms with Gasteiger partial charge in [0.25, 0.3) is 5.97 Å². The minimum atomic E-state index is -1.20. The molecule has 0 unspecified atom stereocenters. The molecule has 0 saturated carbocycles. The Bertz CT molecular complexity index is 208. The molecule has 4 N–H and O–H groups in total. The second-order valence-corrected chi connectivity index (χ2v) is 1.75. The SMILES string of the molecule is CC(=O)O.CCC(=O)O.N=CC(=O)O.[NaH].[NaH].[NaH]. The van der Waals surface area contributed by atoms with E-state index in [0.29, 0.717) is 6.21 Å². The molecular formula is C7H16NNa3O6. The van der Waals surface area contributed by atoms with Crippen LogP contribution in [0.5, 0.6) is 0 Å². The van der Waals surface area contributed by atoms with Crippen molar-refractivity contribution in [2.45, 2.75) is 20.3 Å². The number of nitrogens with one attached hydrogen (secondary N) is 1. The monoisotopic (exact) mass is 279 g/mol. The fraction of sp³-hybridized carbons (Fsp3) is 0.429. The minimum absolute atomic E-state index is 0. The summed E-state index contributed by atoms with van der Waals surface area (Å²) in [4.78, 5) is 27.5. The molecule has 10 heteroatoms. The molecule has 0 heterocycles. The van der Waals surface area contributed by atoms with Gasteiger partial charge in [0.1, 0.15) is 6.21 Å². The van der Waals surface area contributed by atoms with Crippen LogP contribution in [-0.4, -0.2) is 128 Å². The Morgan fingerprint density at radius 2 is 1.18 bits per heavy atom. The first-order valence-corrected chi connectivity index (χ1v) is 3.42. The van der Waals surface area contributed by atoms with Crippen LogP contribution in [0.1, 0.15) is 20.3 Å². The van der Waals surface area contributed by atoms with Gasteiger partial charge in [-0.15, -0.1) is 0 Å². The third-order valence-corrected chi connectivity index (χ3v) is 0.426. The number of aliphatic carboxylic acids is 3. The number of rotatable bonds is 2. The molecule has 0 aliphatic rings. The number of carboxylic acids is 3. The van der Waals surface area contributed by atoms with Crippen LogP contribution in [0.25, 0.3) is 0 Å². The van der Waals surface area contributed by atoms with Gasteiger partial charge >= 0.3 is 101 Å². The maximum absolute atomic E-state index is 9.37. The van der Waals surface area contributed by atoms with Crippen LogP contribution in [0, 0.1) is 5.41 Å². The van der Waals surface area contributed by atoms with E-state index in [0.717, 1.165) is 6.92 Å². The molecule has 0 spiro atoms. The molecule has 0 rings (SSSR count). The first-order chi connectivity index (χ1) is 6.27. The Morgan fingerprint density at radius 1 is 1.06 bits per heavy atom. The van der Waals surface area contributed by atoms with E-state index in [9.17, 15) is 4.79 Å². The molecule has 0 aromatic carbocycles. The summed E-state index contributed by atoms with van der Waals surface area (Å²) in [5, 5.41) is 28.6.